The zero-order chi connectivity index (χ0) is 20.4. The van der Waals surface area contributed by atoms with Crippen molar-refractivity contribution in [2.75, 3.05) is 0 Å². The number of hydrogen-bond acceptors (Lipinski definition) is 5. The molecule has 0 aliphatic heterocycles. The largest absolute Gasteiger partial charge is 0.391 e. The second-order valence-corrected chi connectivity index (χ2v) is 10.0. The molecular weight excluding hydrogens is 340 g/mol. The van der Waals surface area contributed by atoms with Crippen molar-refractivity contribution >= 4 is 0 Å². The van der Waals surface area contributed by atoms with Crippen molar-refractivity contribution < 1.29 is 15.3 Å². The molecule has 0 radical (unpaired) electrons. The van der Waals surface area contributed by atoms with Gasteiger partial charge in [0, 0.05) is 23.5 Å². The molecule has 1 aromatic carbocycles. The zero-order valence-electron chi connectivity index (χ0n) is 17.7. The van der Waals surface area contributed by atoms with E-state index in [0.717, 1.165) is 6.42 Å². The first-order valence-electron chi connectivity index (χ1n) is 10.0. The molecule has 154 valence electrons. The number of rotatable bonds is 2. The predicted molar refractivity (Wildman–Crippen MR) is 110 cm³/mol. The Bertz CT molecular complexity index is 596. The topological polar surface area (TPSA) is 84.8 Å². The van der Waals surface area contributed by atoms with Gasteiger partial charge in [0.25, 0.3) is 0 Å². The van der Waals surface area contributed by atoms with Crippen molar-refractivity contribution in [3.63, 3.8) is 0 Å². The highest BCUT2D eigenvalue weighted by Gasteiger charge is 2.33. The molecule has 1 aromatic rings. The fourth-order valence-electron chi connectivity index (χ4n) is 3.94. The minimum Gasteiger partial charge on any atom is -0.391 e. The van der Waals surface area contributed by atoms with Crippen LogP contribution in [0, 0.1) is 0 Å². The van der Waals surface area contributed by atoms with Crippen LogP contribution in [0.2, 0.25) is 0 Å². The maximum Gasteiger partial charge on any atom is 0.0814 e. The van der Waals surface area contributed by atoms with E-state index in [-0.39, 0.29) is 29.3 Å². The van der Waals surface area contributed by atoms with Crippen LogP contribution in [0.3, 0.4) is 0 Å². The third kappa shape index (κ3) is 6.84. The Morgan fingerprint density at radius 3 is 1.81 bits per heavy atom. The molecule has 0 heterocycles. The molecule has 0 amide bonds. The lowest BCUT2D eigenvalue weighted by Crippen LogP contribution is -2.42. The Labute approximate surface area is 164 Å². The van der Waals surface area contributed by atoms with E-state index in [1.807, 2.05) is 12.1 Å². The summed E-state index contributed by atoms with van der Waals surface area (Å²) in [5.41, 5.74) is 2.61. The molecule has 3 rings (SSSR count). The maximum absolute atomic E-state index is 10.0. The zero-order valence-corrected chi connectivity index (χ0v) is 17.7. The molecule has 2 aliphatic rings. The Hall–Kier alpha value is -0.980. The van der Waals surface area contributed by atoms with Gasteiger partial charge in [-0.15, -0.1) is 0 Å². The van der Waals surface area contributed by atoms with Crippen molar-refractivity contribution in [1.29, 1.82) is 0 Å². The van der Waals surface area contributed by atoms with Crippen LogP contribution in [0.4, 0.5) is 0 Å². The second-order valence-electron chi connectivity index (χ2n) is 10.0. The summed E-state index contributed by atoms with van der Waals surface area (Å²) in [6.45, 7) is 12.6. The summed E-state index contributed by atoms with van der Waals surface area (Å²) >= 11 is 0. The van der Waals surface area contributed by atoms with Gasteiger partial charge in [0.2, 0.25) is 0 Å². The molecule has 1 unspecified atom stereocenters. The molecule has 5 atom stereocenters. The van der Waals surface area contributed by atoms with Crippen molar-refractivity contribution in [3.8, 4) is 0 Å². The Morgan fingerprint density at radius 2 is 1.30 bits per heavy atom. The van der Waals surface area contributed by atoms with Crippen molar-refractivity contribution in [3.05, 3.63) is 35.4 Å². The monoisotopic (exact) mass is 378 g/mol. The summed E-state index contributed by atoms with van der Waals surface area (Å²) < 4.78 is 0. The molecule has 0 spiro atoms. The van der Waals surface area contributed by atoms with Crippen molar-refractivity contribution in [2.45, 2.75) is 102 Å². The van der Waals surface area contributed by atoms with E-state index >= 15 is 0 Å². The van der Waals surface area contributed by atoms with Gasteiger partial charge in [-0.2, -0.15) is 0 Å². The minimum absolute atomic E-state index is 0.0309. The first kappa shape index (κ1) is 22.3. The van der Waals surface area contributed by atoms with Gasteiger partial charge in [-0.1, -0.05) is 24.3 Å². The van der Waals surface area contributed by atoms with Gasteiger partial charge in [-0.3, -0.25) is 0 Å². The average Bonchev–Trinajstić information content (AvgIpc) is 2.97. The van der Waals surface area contributed by atoms with Gasteiger partial charge in [0.1, 0.15) is 0 Å². The minimum atomic E-state index is -0.537. The summed E-state index contributed by atoms with van der Waals surface area (Å²) in [6, 6.07) is 8.62. The van der Waals surface area contributed by atoms with E-state index < -0.39 is 12.2 Å². The first-order chi connectivity index (χ1) is 12.4. The van der Waals surface area contributed by atoms with E-state index in [1.54, 1.807) is 0 Å². The fraction of sp³-hybridized carbons (Fsp3) is 0.727. The number of fused-ring (bicyclic) bond motifs is 1. The molecule has 0 saturated heterocycles. The third-order valence-electron chi connectivity index (χ3n) is 4.93. The molecule has 27 heavy (non-hydrogen) atoms. The van der Waals surface area contributed by atoms with Crippen LogP contribution < -0.4 is 10.6 Å². The molecule has 0 aromatic heterocycles. The number of aliphatic hydroxyl groups excluding tert-OH is 3. The Kier molecular flexibility index (Phi) is 7.09. The SMILES string of the molecule is CC(C)(C)NC1C[C@@H](O)[C@@H](O)C1.CC(C)(C)N[C@H]1c2ccccc2C[C@H]1O. The molecular formula is C22H38N2O3. The summed E-state index contributed by atoms with van der Waals surface area (Å²) in [5, 5.41) is 35.4. The highest BCUT2D eigenvalue weighted by Crippen LogP contribution is 2.32. The van der Waals surface area contributed by atoms with Crippen LogP contribution in [0.5, 0.6) is 0 Å². The Morgan fingerprint density at radius 1 is 0.778 bits per heavy atom. The standard InChI is InChI=1S/C13H19NO.C9H19NO2/c1-13(2,3)14-12-10-7-5-4-6-9(10)8-11(12)15;1-9(2,3)10-6-4-7(11)8(12)5-6/h4-7,11-12,14-15H,8H2,1-3H3;6-8,10-12H,4-5H2,1-3H3/t11-,12+;6?,7-,8+/m1./s1. The van der Waals surface area contributed by atoms with Crippen molar-refractivity contribution in [2.24, 2.45) is 0 Å². The highest BCUT2D eigenvalue weighted by atomic mass is 16.3. The van der Waals surface area contributed by atoms with Gasteiger partial charge in [0.05, 0.1) is 24.4 Å². The number of aliphatic hydroxyl groups is 3. The van der Waals surface area contributed by atoms with Crippen LogP contribution in [-0.4, -0.2) is 50.8 Å². The summed E-state index contributed by atoms with van der Waals surface area (Å²) in [7, 11) is 0. The third-order valence-corrected chi connectivity index (χ3v) is 4.93. The van der Waals surface area contributed by atoms with E-state index in [4.69, 9.17) is 0 Å². The quantitative estimate of drug-likeness (QED) is 0.545. The first-order valence-corrected chi connectivity index (χ1v) is 10.0. The summed E-state index contributed by atoms with van der Waals surface area (Å²) in [6.07, 6.45) is 0.733. The molecule has 0 bridgehead atoms. The van der Waals surface area contributed by atoms with Gasteiger partial charge >= 0.3 is 0 Å². The molecule has 5 N–H and O–H groups in total. The normalized spacial score (nSPS) is 30.6. The van der Waals surface area contributed by atoms with Gasteiger partial charge in [0.15, 0.2) is 0 Å². The lowest BCUT2D eigenvalue weighted by Gasteiger charge is -2.28. The van der Waals surface area contributed by atoms with E-state index in [0.29, 0.717) is 12.8 Å². The van der Waals surface area contributed by atoms with Crippen LogP contribution in [0.15, 0.2) is 24.3 Å². The van der Waals surface area contributed by atoms with Gasteiger partial charge in [-0.25, -0.2) is 0 Å². The van der Waals surface area contributed by atoms with E-state index in [9.17, 15) is 15.3 Å². The number of hydrogen-bond donors (Lipinski definition) is 5. The smallest absolute Gasteiger partial charge is 0.0814 e. The average molecular weight is 379 g/mol. The van der Waals surface area contributed by atoms with Gasteiger partial charge < -0.3 is 26.0 Å². The van der Waals surface area contributed by atoms with Crippen LogP contribution in [-0.2, 0) is 6.42 Å². The van der Waals surface area contributed by atoms with E-state index in [1.165, 1.54) is 11.1 Å². The molecule has 5 heteroatoms. The van der Waals surface area contributed by atoms with Crippen LogP contribution in [0.1, 0.15) is 71.6 Å². The van der Waals surface area contributed by atoms with Crippen LogP contribution in [0.25, 0.3) is 0 Å². The molecule has 5 nitrogen and oxygen atoms in total. The van der Waals surface area contributed by atoms with Crippen molar-refractivity contribution in [1.82, 2.24) is 10.6 Å². The summed E-state index contributed by atoms with van der Waals surface area (Å²) in [5.74, 6) is 0. The van der Waals surface area contributed by atoms with Gasteiger partial charge in [-0.05, 0) is 65.5 Å². The molecule has 2 aliphatic carbocycles. The van der Waals surface area contributed by atoms with E-state index in [2.05, 4.69) is 64.3 Å². The van der Waals surface area contributed by atoms with Crippen LogP contribution >= 0.6 is 0 Å². The Balaban J connectivity index is 0.000000199. The molecule has 1 saturated carbocycles. The summed E-state index contributed by atoms with van der Waals surface area (Å²) in [4.78, 5) is 0. The maximum atomic E-state index is 10.0. The molecule has 1 fully saturated rings. The number of nitrogens with one attached hydrogen (secondary N) is 2. The number of benzene rings is 1. The predicted octanol–water partition coefficient (Wildman–Crippen LogP) is 2.29. The lowest BCUT2D eigenvalue weighted by atomic mass is 10.0. The highest BCUT2D eigenvalue weighted by molar-refractivity contribution is 5.36. The fourth-order valence-corrected chi connectivity index (χ4v) is 3.94. The lowest BCUT2D eigenvalue weighted by molar-refractivity contribution is 0.0438. The second kappa shape index (κ2) is 8.58.